The summed E-state index contributed by atoms with van der Waals surface area (Å²) in [4.78, 5) is 11.6. The van der Waals surface area contributed by atoms with Gasteiger partial charge in [-0.3, -0.25) is 4.79 Å². The standard InChI is InChI=1S/C14H20FNO3/c1-4-18-13(17)14(3,16)9-10(2)19-12-7-5-6-11(15)8-12/h5-8,10H,4,9,16H2,1-3H3. The molecule has 0 bridgehead atoms. The number of hydrogen-bond donors (Lipinski definition) is 1. The molecule has 0 aliphatic carbocycles. The van der Waals surface area contributed by atoms with Gasteiger partial charge in [0.15, 0.2) is 0 Å². The summed E-state index contributed by atoms with van der Waals surface area (Å²) in [5.41, 5.74) is 4.78. The maximum absolute atomic E-state index is 13.0. The van der Waals surface area contributed by atoms with Crippen LogP contribution < -0.4 is 10.5 Å². The van der Waals surface area contributed by atoms with Gasteiger partial charge in [-0.2, -0.15) is 0 Å². The van der Waals surface area contributed by atoms with Crippen molar-refractivity contribution in [1.82, 2.24) is 0 Å². The van der Waals surface area contributed by atoms with E-state index in [0.29, 0.717) is 5.75 Å². The second-order valence-electron chi connectivity index (χ2n) is 4.73. The predicted octanol–water partition coefficient (Wildman–Crippen LogP) is 2.26. The molecule has 0 saturated carbocycles. The lowest BCUT2D eigenvalue weighted by Crippen LogP contribution is -2.49. The van der Waals surface area contributed by atoms with Gasteiger partial charge in [-0.15, -0.1) is 0 Å². The van der Waals surface area contributed by atoms with Crippen molar-refractivity contribution in [3.8, 4) is 5.75 Å². The minimum Gasteiger partial charge on any atom is -0.491 e. The van der Waals surface area contributed by atoms with Gasteiger partial charge in [-0.1, -0.05) is 6.07 Å². The van der Waals surface area contributed by atoms with E-state index in [2.05, 4.69) is 0 Å². The van der Waals surface area contributed by atoms with Crippen LogP contribution in [-0.2, 0) is 9.53 Å². The molecule has 4 nitrogen and oxygen atoms in total. The predicted molar refractivity (Wildman–Crippen MR) is 70.3 cm³/mol. The molecule has 0 radical (unpaired) electrons. The lowest BCUT2D eigenvalue weighted by molar-refractivity contribution is -0.149. The summed E-state index contributed by atoms with van der Waals surface area (Å²) in [6, 6.07) is 5.83. The molecule has 2 N–H and O–H groups in total. The Bertz CT molecular complexity index is 434. The van der Waals surface area contributed by atoms with E-state index in [4.69, 9.17) is 15.2 Å². The molecule has 0 aliphatic heterocycles. The van der Waals surface area contributed by atoms with Crippen LogP contribution in [0.25, 0.3) is 0 Å². The Morgan fingerprint density at radius 3 is 2.79 bits per heavy atom. The first-order chi connectivity index (χ1) is 8.85. The fourth-order valence-electron chi connectivity index (χ4n) is 1.79. The third-order valence-electron chi connectivity index (χ3n) is 2.59. The van der Waals surface area contributed by atoms with Crippen LogP contribution in [0.2, 0.25) is 0 Å². The highest BCUT2D eigenvalue weighted by Crippen LogP contribution is 2.18. The van der Waals surface area contributed by atoms with Gasteiger partial charge < -0.3 is 15.2 Å². The van der Waals surface area contributed by atoms with Gasteiger partial charge in [0.2, 0.25) is 0 Å². The number of benzene rings is 1. The molecule has 19 heavy (non-hydrogen) atoms. The van der Waals surface area contributed by atoms with Crippen LogP contribution in [-0.4, -0.2) is 24.2 Å². The fraction of sp³-hybridized carbons (Fsp3) is 0.500. The molecule has 1 aromatic carbocycles. The highest BCUT2D eigenvalue weighted by molar-refractivity contribution is 5.80. The number of rotatable bonds is 6. The summed E-state index contributed by atoms with van der Waals surface area (Å²) in [6.07, 6.45) is -0.0521. The van der Waals surface area contributed by atoms with Crippen molar-refractivity contribution in [2.45, 2.75) is 38.8 Å². The van der Waals surface area contributed by atoms with Crippen LogP contribution in [0.1, 0.15) is 27.2 Å². The number of carbonyl (C=O) groups excluding carboxylic acids is 1. The van der Waals surface area contributed by atoms with Crippen molar-refractivity contribution in [2.24, 2.45) is 5.73 Å². The summed E-state index contributed by atoms with van der Waals surface area (Å²) < 4.78 is 23.4. The summed E-state index contributed by atoms with van der Waals surface area (Å²) in [5, 5.41) is 0. The molecular weight excluding hydrogens is 249 g/mol. The van der Waals surface area contributed by atoms with Crippen LogP contribution in [0.15, 0.2) is 24.3 Å². The number of hydrogen-bond acceptors (Lipinski definition) is 4. The molecule has 0 saturated heterocycles. The average molecular weight is 269 g/mol. The molecule has 0 aromatic heterocycles. The van der Waals surface area contributed by atoms with Crippen molar-refractivity contribution in [1.29, 1.82) is 0 Å². The van der Waals surface area contributed by atoms with Gasteiger partial charge in [-0.25, -0.2) is 4.39 Å². The monoisotopic (exact) mass is 269 g/mol. The SMILES string of the molecule is CCOC(=O)C(C)(N)CC(C)Oc1cccc(F)c1. The Hall–Kier alpha value is -1.62. The fourth-order valence-corrected chi connectivity index (χ4v) is 1.79. The third-order valence-corrected chi connectivity index (χ3v) is 2.59. The number of nitrogens with two attached hydrogens (primary N) is 1. The van der Waals surface area contributed by atoms with E-state index in [-0.39, 0.29) is 24.9 Å². The zero-order chi connectivity index (χ0) is 14.5. The summed E-state index contributed by atoms with van der Waals surface area (Å²) in [7, 11) is 0. The molecular formula is C14H20FNO3. The van der Waals surface area contributed by atoms with E-state index in [9.17, 15) is 9.18 Å². The summed E-state index contributed by atoms with van der Waals surface area (Å²) in [6.45, 7) is 5.37. The lowest BCUT2D eigenvalue weighted by atomic mass is 9.96. The third kappa shape index (κ3) is 4.87. The van der Waals surface area contributed by atoms with Crippen molar-refractivity contribution >= 4 is 5.97 Å². The van der Waals surface area contributed by atoms with E-state index >= 15 is 0 Å². The van der Waals surface area contributed by atoms with Crippen molar-refractivity contribution in [3.63, 3.8) is 0 Å². The van der Waals surface area contributed by atoms with E-state index in [1.807, 2.05) is 0 Å². The van der Waals surface area contributed by atoms with Crippen molar-refractivity contribution < 1.29 is 18.7 Å². The molecule has 1 aromatic rings. The molecule has 0 fully saturated rings. The minimum atomic E-state index is -1.12. The number of carbonyl (C=O) groups is 1. The first kappa shape index (κ1) is 15.4. The molecule has 0 amide bonds. The van der Waals surface area contributed by atoms with E-state index in [1.165, 1.54) is 12.1 Å². The van der Waals surface area contributed by atoms with Gasteiger partial charge in [0.05, 0.1) is 12.7 Å². The Labute approximate surface area is 112 Å². The lowest BCUT2D eigenvalue weighted by Gasteiger charge is -2.26. The highest BCUT2D eigenvalue weighted by atomic mass is 19.1. The van der Waals surface area contributed by atoms with Gasteiger partial charge in [0, 0.05) is 12.5 Å². The highest BCUT2D eigenvalue weighted by Gasteiger charge is 2.32. The first-order valence-corrected chi connectivity index (χ1v) is 6.23. The first-order valence-electron chi connectivity index (χ1n) is 6.23. The summed E-state index contributed by atoms with van der Waals surface area (Å²) >= 11 is 0. The number of esters is 1. The number of halogens is 1. The molecule has 2 unspecified atom stereocenters. The van der Waals surface area contributed by atoms with Crippen molar-refractivity contribution in [3.05, 3.63) is 30.1 Å². The average Bonchev–Trinajstić information content (AvgIpc) is 2.28. The Morgan fingerprint density at radius 2 is 2.21 bits per heavy atom. The normalized spacial score (nSPS) is 15.4. The second-order valence-corrected chi connectivity index (χ2v) is 4.73. The molecule has 2 atom stereocenters. The molecule has 1 rings (SSSR count). The maximum Gasteiger partial charge on any atom is 0.325 e. The molecule has 0 aliphatic rings. The smallest absolute Gasteiger partial charge is 0.325 e. The Morgan fingerprint density at radius 1 is 1.53 bits per heavy atom. The van der Waals surface area contributed by atoms with Crippen molar-refractivity contribution in [2.75, 3.05) is 6.61 Å². The Kier molecular flexibility index (Phi) is 5.30. The zero-order valence-electron chi connectivity index (χ0n) is 11.5. The quantitative estimate of drug-likeness (QED) is 0.805. The second kappa shape index (κ2) is 6.52. The molecule has 5 heteroatoms. The van der Waals surface area contributed by atoms with Crippen LogP contribution in [0, 0.1) is 5.82 Å². The van der Waals surface area contributed by atoms with E-state index in [1.54, 1.807) is 32.9 Å². The Balaban J connectivity index is 2.59. The zero-order valence-corrected chi connectivity index (χ0v) is 11.5. The largest absolute Gasteiger partial charge is 0.491 e. The van der Waals surface area contributed by atoms with E-state index < -0.39 is 11.5 Å². The number of ether oxygens (including phenoxy) is 2. The van der Waals surface area contributed by atoms with Gasteiger partial charge in [-0.05, 0) is 32.9 Å². The van der Waals surface area contributed by atoms with Crippen LogP contribution in [0.3, 0.4) is 0 Å². The van der Waals surface area contributed by atoms with Crippen LogP contribution in [0.4, 0.5) is 4.39 Å². The van der Waals surface area contributed by atoms with E-state index in [0.717, 1.165) is 0 Å². The molecule has 0 heterocycles. The van der Waals surface area contributed by atoms with Gasteiger partial charge >= 0.3 is 5.97 Å². The van der Waals surface area contributed by atoms with Crippen LogP contribution in [0.5, 0.6) is 5.75 Å². The van der Waals surface area contributed by atoms with Gasteiger partial charge in [0.1, 0.15) is 17.1 Å². The molecule has 0 spiro atoms. The van der Waals surface area contributed by atoms with Gasteiger partial charge in [0.25, 0.3) is 0 Å². The minimum absolute atomic E-state index is 0.280. The van der Waals surface area contributed by atoms with Crippen LogP contribution >= 0.6 is 0 Å². The summed E-state index contributed by atoms with van der Waals surface area (Å²) in [5.74, 6) is -0.428. The topological polar surface area (TPSA) is 61.5 Å². The molecule has 106 valence electrons. The maximum atomic E-state index is 13.0.